The predicted molar refractivity (Wildman–Crippen MR) is 108 cm³/mol. The molecule has 0 unspecified atom stereocenters. The summed E-state index contributed by atoms with van der Waals surface area (Å²) in [6, 6.07) is 15.3. The third-order valence-corrected chi connectivity index (χ3v) is 4.06. The number of nitrogens with zero attached hydrogens (tertiary/aromatic N) is 1. The zero-order valence-corrected chi connectivity index (χ0v) is 16.5. The molecule has 5 nitrogen and oxygen atoms in total. The maximum atomic E-state index is 12.2. The van der Waals surface area contributed by atoms with Crippen LogP contribution in [0, 0.1) is 6.92 Å². The first-order valence-corrected chi connectivity index (χ1v) is 9.21. The van der Waals surface area contributed by atoms with E-state index in [0.29, 0.717) is 18.8 Å². The Kier molecular flexibility index (Phi) is 7.41. The summed E-state index contributed by atoms with van der Waals surface area (Å²) >= 11 is 0. The molecule has 144 valence electrons. The van der Waals surface area contributed by atoms with Gasteiger partial charge in [0.05, 0.1) is 6.10 Å². The SMILES string of the molecule is CC(=O)N(CCC(=O)Nc1ccc(OC(C)C)cc1)Cc1ccc(C)cc1. The van der Waals surface area contributed by atoms with Crippen LogP contribution in [0.1, 0.15) is 38.3 Å². The number of ether oxygens (including phenoxy) is 1. The maximum Gasteiger partial charge on any atom is 0.226 e. The summed E-state index contributed by atoms with van der Waals surface area (Å²) in [5.74, 6) is 0.602. The minimum atomic E-state index is -0.123. The van der Waals surface area contributed by atoms with Crippen molar-refractivity contribution in [3.05, 3.63) is 59.7 Å². The summed E-state index contributed by atoms with van der Waals surface area (Å²) in [7, 11) is 0. The smallest absolute Gasteiger partial charge is 0.226 e. The van der Waals surface area contributed by atoms with Crippen LogP contribution >= 0.6 is 0 Å². The van der Waals surface area contributed by atoms with Crippen LogP contribution < -0.4 is 10.1 Å². The minimum absolute atomic E-state index is 0.0430. The van der Waals surface area contributed by atoms with Crippen LogP contribution in [-0.2, 0) is 16.1 Å². The summed E-state index contributed by atoms with van der Waals surface area (Å²) in [4.78, 5) is 25.8. The standard InChI is InChI=1S/C22H28N2O3/c1-16(2)27-21-11-9-20(10-12-21)23-22(26)13-14-24(18(4)25)15-19-7-5-17(3)6-8-19/h5-12,16H,13-15H2,1-4H3,(H,23,26). The van der Waals surface area contributed by atoms with Gasteiger partial charge in [0, 0.05) is 32.1 Å². The van der Waals surface area contributed by atoms with Gasteiger partial charge in [-0.05, 0) is 50.6 Å². The van der Waals surface area contributed by atoms with Crippen molar-refractivity contribution in [3.63, 3.8) is 0 Å². The number of rotatable bonds is 8. The van der Waals surface area contributed by atoms with E-state index < -0.39 is 0 Å². The lowest BCUT2D eigenvalue weighted by molar-refractivity contribution is -0.129. The highest BCUT2D eigenvalue weighted by Gasteiger charge is 2.12. The quantitative estimate of drug-likeness (QED) is 0.761. The van der Waals surface area contributed by atoms with Crippen molar-refractivity contribution in [2.45, 2.75) is 46.8 Å². The highest BCUT2D eigenvalue weighted by molar-refractivity contribution is 5.91. The van der Waals surface area contributed by atoms with Crippen molar-refractivity contribution in [2.24, 2.45) is 0 Å². The highest BCUT2D eigenvalue weighted by atomic mass is 16.5. The number of benzene rings is 2. The Morgan fingerprint density at radius 3 is 2.22 bits per heavy atom. The summed E-state index contributed by atoms with van der Waals surface area (Å²) in [6.07, 6.45) is 0.354. The van der Waals surface area contributed by atoms with Gasteiger partial charge in [0.15, 0.2) is 0 Å². The average molecular weight is 368 g/mol. The predicted octanol–water partition coefficient (Wildman–Crippen LogP) is 4.16. The second-order valence-electron chi connectivity index (χ2n) is 6.92. The van der Waals surface area contributed by atoms with Crippen molar-refractivity contribution in [1.29, 1.82) is 0 Å². The molecule has 0 bridgehead atoms. The van der Waals surface area contributed by atoms with E-state index in [2.05, 4.69) is 5.32 Å². The largest absolute Gasteiger partial charge is 0.491 e. The monoisotopic (exact) mass is 368 g/mol. The number of carbonyl (C=O) groups is 2. The van der Waals surface area contributed by atoms with Gasteiger partial charge in [0.2, 0.25) is 11.8 Å². The Bertz CT molecular complexity index is 752. The lowest BCUT2D eigenvalue weighted by Gasteiger charge is -2.21. The third kappa shape index (κ3) is 7.13. The number of aryl methyl sites for hydroxylation is 1. The van der Waals surface area contributed by atoms with Gasteiger partial charge >= 0.3 is 0 Å². The molecule has 0 saturated heterocycles. The molecule has 0 aliphatic carbocycles. The van der Waals surface area contributed by atoms with E-state index in [9.17, 15) is 9.59 Å². The minimum Gasteiger partial charge on any atom is -0.491 e. The van der Waals surface area contributed by atoms with Crippen molar-refractivity contribution >= 4 is 17.5 Å². The van der Waals surface area contributed by atoms with Gasteiger partial charge in [0.1, 0.15) is 5.75 Å². The van der Waals surface area contributed by atoms with Crippen LogP contribution in [0.25, 0.3) is 0 Å². The molecule has 0 aliphatic heterocycles. The number of carbonyl (C=O) groups excluding carboxylic acids is 2. The average Bonchev–Trinajstić information content (AvgIpc) is 2.61. The normalized spacial score (nSPS) is 10.6. The Balaban J connectivity index is 1.86. The Morgan fingerprint density at radius 2 is 1.67 bits per heavy atom. The van der Waals surface area contributed by atoms with Crippen LogP contribution in [0.15, 0.2) is 48.5 Å². The molecular weight excluding hydrogens is 340 g/mol. The first kappa shape index (κ1) is 20.5. The van der Waals surface area contributed by atoms with Crippen molar-refractivity contribution in [2.75, 3.05) is 11.9 Å². The fraction of sp³-hybridized carbons (Fsp3) is 0.364. The molecule has 0 aliphatic rings. The Hall–Kier alpha value is -2.82. The van der Waals surface area contributed by atoms with Crippen molar-refractivity contribution in [3.8, 4) is 5.75 Å². The van der Waals surface area contributed by atoms with Gasteiger partial charge in [-0.3, -0.25) is 9.59 Å². The van der Waals surface area contributed by atoms with Gasteiger partial charge in [-0.2, -0.15) is 0 Å². The van der Waals surface area contributed by atoms with Crippen LogP contribution in [0.4, 0.5) is 5.69 Å². The molecule has 0 fully saturated rings. The fourth-order valence-electron chi connectivity index (χ4n) is 2.61. The van der Waals surface area contributed by atoms with E-state index in [1.165, 1.54) is 12.5 Å². The van der Waals surface area contributed by atoms with Crippen LogP contribution in [0.3, 0.4) is 0 Å². The zero-order valence-electron chi connectivity index (χ0n) is 16.5. The molecule has 0 aromatic heterocycles. The number of hydrogen-bond acceptors (Lipinski definition) is 3. The number of nitrogens with one attached hydrogen (secondary N) is 1. The van der Waals surface area contributed by atoms with Crippen LogP contribution in [0.5, 0.6) is 5.75 Å². The van der Waals surface area contributed by atoms with Crippen molar-refractivity contribution in [1.82, 2.24) is 4.90 Å². The molecule has 2 aromatic carbocycles. The molecule has 0 saturated carbocycles. The maximum absolute atomic E-state index is 12.2. The molecule has 0 spiro atoms. The van der Waals surface area contributed by atoms with Crippen molar-refractivity contribution < 1.29 is 14.3 Å². The lowest BCUT2D eigenvalue weighted by atomic mass is 10.1. The van der Waals surface area contributed by atoms with E-state index in [-0.39, 0.29) is 24.3 Å². The second-order valence-corrected chi connectivity index (χ2v) is 6.92. The molecular formula is C22H28N2O3. The van der Waals surface area contributed by atoms with Crippen LogP contribution in [0.2, 0.25) is 0 Å². The van der Waals surface area contributed by atoms with E-state index in [1.54, 1.807) is 4.90 Å². The second kappa shape index (κ2) is 9.76. The third-order valence-electron chi connectivity index (χ3n) is 4.06. The fourth-order valence-corrected chi connectivity index (χ4v) is 2.61. The first-order chi connectivity index (χ1) is 12.8. The van der Waals surface area contributed by atoms with Crippen LogP contribution in [-0.4, -0.2) is 29.4 Å². The van der Waals surface area contributed by atoms with Gasteiger partial charge in [-0.1, -0.05) is 29.8 Å². The molecule has 0 heterocycles. The van der Waals surface area contributed by atoms with E-state index in [1.807, 2.05) is 69.3 Å². The summed E-state index contributed by atoms with van der Waals surface area (Å²) in [5.41, 5.74) is 2.94. The molecule has 1 N–H and O–H groups in total. The number of amides is 2. The Labute approximate surface area is 161 Å². The van der Waals surface area contributed by atoms with Gasteiger partial charge < -0.3 is 15.0 Å². The molecule has 2 amide bonds. The van der Waals surface area contributed by atoms with Gasteiger partial charge in [-0.15, -0.1) is 0 Å². The summed E-state index contributed by atoms with van der Waals surface area (Å²) in [5, 5.41) is 2.86. The topological polar surface area (TPSA) is 58.6 Å². The van der Waals surface area contributed by atoms with E-state index in [0.717, 1.165) is 11.3 Å². The zero-order chi connectivity index (χ0) is 19.8. The molecule has 2 aromatic rings. The van der Waals surface area contributed by atoms with Gasteiger partial charge in [-0.25, -0.2) is 0 Å². The summed E-state index contributed by atoms with van der Waals surface area (Å²) < 4.78 is 5.59. The van der Waals surface area contributed by atoms with E-state index in [4.69, 9.17) is 4.74 Å². The molecule has 27 heavy (non-hydrogen) atoms. The molecule has 2 rings (SSSR count). The molecule has 0 atom stereocenters. The van der Waals surface area contributed by atoms with Gasteiger partial charge in [0.25, 0.3) is 0 Å². The Morgan fingerprint density at radius 1 is 1.04 bits per heavy atom. The number of anilines is 1. The molecule has 5 heteroatoms. The van der Waals surface area contributed by atoms with E-state index >= 15 is 0 Å². The highest BCUT2D eigenvalue weighted by Crippen LogP contribution is 2.17. The molecule has 0 radical (unpaired) electrons. The first-order valence-electron chi connectivity index (χ1n) is 9.21. The summed E-state index contributed by atoms with van der Waals surface area (Å²) in [6.45, 7) is 8.37. The number of hydrogen-bond donors (Lipinski definition) is 1. The lowest BCUT2D eigenvalue weighted by Crippen LogP contribution is -2.31.